The SMILES string of the molecule is O=C(NC1(c2cccc(Br)c2)CCOCC1)c1cc(C2CC2)on1. The maximum absolute atomic E-state index is 12.7. The molecule has 5 nitrogen and oxygen atoms in total. The summed E-state index contributed by atoms with van der Waals surface area (Å²) in [6.45, 7) is 1.25. The smallest absolute Gasteiger partial charge is 0.274 e. The van der Waals surface area contributed by atoms with Crippen molar-refractivity contribution in [1.82, 2.24) is 10.5 Å². The van der Waals surface area contributed by atoms with Crippen LogP contribution in [0.25, 0.3) is 0 Å². The third-order valence-electron chi connectivity index (χ3n) is 4.82. The van der Waals surface area contributed by atoms with Crippen LogP contribution in [0.2, 0.25) is 0 Å². The summed E-state index contributed by atoms with van der Waals surface area (Å²) in [7, 11) is 0. The first-order valence-electron chi connectivity index (χ1n) is 8.29. The second-order valence-corrected chi connectivity index (χ2v) is 7.46. The van der Waals surface area contributed by atoms with E-state index in [0.717, 1.165) is 41.5 Å². The molecule has 6 heteroatoms. The van der Waals surface area contributed by atoms with Gasteiger partial charge >= 0.3 is 0 Å². The number of halogens is 1. The van der Waals surface area contributed by atoms with Crippen LogP contribution in [0.3, 0.4) is 0 Å². The van der Waals surface area contributed by atoms with E-state index in [1.54, 1.807) is 6.07 Å². The Hall–Kier alpha value is -1.66. The molecule has 1 amide bonds. The van der Waals surface area contributed by atoms with Crippen LogP contribution >= 0.6 is 15.9 Å². The number of aromatic nitrogens is 1. The van der Waals surface area contributed by atoms with Crippen LogP contribution in [0.1, 0.15) is 53.4 Å². The van der Waals surface area contributed by atoms with Gasteiger partial charge in [-0.25, -0.2) is 0 Å². The number of hydrogen-bond donors (Lipinski definition) is 1. The van der Waals surface area contributed by atoms with Crippen LogP contribution in [-0.2, 0) is 10.3 Å². The van der Waals surface area contributed by atoms with Crippen molar-refractivity contribution in [3.05, 3.63) is 51.8 Å². The Morgan fingerprint density at radius 1 is 1.25 bits per heavy atom. The highest BCUT2D eigenvalue weighted by atomic mass is 79.9. The van der Waals surface area contributed by atoms with Crippen molar-refractivity contribution in [2.45, 2.75) is 37.1 Å². The Morgan fingerprint density at radius 2 is 2.04 bits per heavy atom. The predicted octanol–water partition coefficient (Wildman–Crippen LogP) is 3.75. The molecule has 4 rings (SSSR count). The average Bonchev–Trinajstić information content (AvgIpc) is 3.32. The number of carbonyl (C=O) groups is 1. The lowest BCUT2D eigenvalue weighted by Gasteiger charge is -2.38. The van der Waals surface area contributed by atoms with Gasteiger partial charge in [0.1, 0.15) is 5.76 Å². The first-order chi connectivity index (χ1) is 11.7. The van der Waals surface area contributed by atoms with E-state index >= 15 is 0 Å². The predicted molar refractivity (Wildman–Crippen MR) is 91.8 cm³/mol. The van der Waals surface area contributed by atoms with E-state index in [9.17, 15) is 4.79 Å². The molecular formula is C18H19BrN2O3. The van der Waals surface area contributed by atoms with Crippen LogP contribution in [-0.4, -0.2) is 24.3 Å². The van der Waals surface area contributed by atoms with Crippen LogP contribution in [0.5, 0.6) is 0 Å². The quantitative estimate of drug-likeness (QED) is 0.862. The number of nitrogens with one attached hydrogen (secondary N) is 1. The third-order valence-corrected chi connectivity index (χ3v) is 5.31. The van der Waals surface area contributed by atoms with Crippen LogP contribution < -0.4 is 5.32 Å². The maximum Gasteiger partial charge on any atom is 0.274 e. The van der Waals surface area contributed by atoms with Crippen molar-refractivity contribution in [2.75, 3.05) is 13.2 Å². The Kier molecular flexibility index (Phi) is 4.18. The molecule has 0 spiro atoms. The molecule has 0 unspecified atom stereocenters. The van der Waals surface area contributed by atoms with Crippen molar-refractivity contribution >= 4 is 21.8 Å². The van der Waals surface area contributed by atoms with Crippen LogP contribution in [0.15, 0.2) is 39.3 Å². The number of amides is 1. The number of rotatable bonds is 4. The minimum Gasteiger partial charge on any atom is -0.381 e. The van der Waals surface area contributed by atoms with E-state index in [0.29, 0.717) is 24.8 Å². The number of hydrogen-bond acceptors (Lipinski definition) is 4. The fraction of sp³-hybridized carbons (Fsp3) is 0.444. The molecule has 1 aromatic carbocycles. The lowest BCUT2D eigenvalue weighted by atomic mass is 9.82. The summed E-state index contributed by atoms with van der Waals surface area (Å²) in [6, 6.07) is 9.86. The van der Waals surface area contributed by atoms with Gasteiger partial charge in [0.15, 0.2) is 5.69 Å². The van der Waals surface area contributed by atoms with Crippen molar-refractivity contribution in [2.24, 2.45) is 0 Å². The molecule has 126 valence electrons. The highest BCUT2D eigenvalue weighted by Gasteiger charge is 2.37. The summed E-state index contributed by atoms with van der Waals surface area (Å²) in [4.78, 5) is 12.7. The molecule has 1 aliphatic carbocycles. The first kappa shape index (κ1) is 15.8. The number of nitrogens with zero attached hydrogens (tertiary/aromatic N) is 1. The van der Waals surface area contributed by atoms with Gasteiger partial charge in [0.05, 0.1) is 5.54 Å². The molecule has 0 atom stereocenters. The highest BCUT2D eigenvalue weighted by Crippen LogP contribution is 2.40. The Balaban J connectivity index is 1.60. The van der Waals surface area contributed by atoms with Crippen molar-refractivity contribution in [3.63, 3.8) is 0 Å². The van der Waals surface area contributed by atoms with E-state index in [-0.39, 0.29) is 5.91 Å². The zero-order chi connectivity index (χ0) is 16.6. The van der Waals surface area contributed by atoms with Gasteiger partial charge in [-0.15, -0.1) is 0 Å². The van der Waals surface area contributed by atoms with Gasteiger partial charge in [-0.3, -0.25) is 4.79 Å². The number of ether oxygens (including phenoxy) is 1. The molecule has 0 bridgehead atoms. The summed E-state index contributed by atoms with van der Waals surface area (Å²) in [5.41, 5.74) is 1.01. The van der Waals surface area contributed by atoms with Gasteiger partial charge in [0, 0.05) is 29.7 Å². The Bertz CT molecular complexity index is 748. The normalized spacial score (nSPS) is 19.9. The average molecular weight is 391 g/mol. The molecule has 1 saturated heterocycles. The zero-order valence-corrected chi connectivity index (χ0v) is 14.8. The molecule has 1 saturated carbocycles. The fourth-order valence-electron chi connectivity index (χ4n) is 3.23. The molecule has 2 fully saturated rings. The molecule has 2 aromatic rings. The van der Waals surface area contributed by atoms with Gasteiger partial charge in [0.25, 0.3) is 5.91 Å². The molecular weight excluding hydrogens is 372 g/mol. The Labute approximate surface area is 148 Å². The molecule has 1 N–H and O–H groups in total. The van der Waals surface area contributed by atoms with Gasteiger partial charge in [-0.1, -0.05) is 33.2 Å². The topological polar surface area (TPSA) is 64.4 Å². The summed E-state index contributed by atoms with van der Waals surface area (Å²) in [5, 5.41) is 7.16. The second-order valence-electron chi connectivity index (χ2n) is 6.55. The van der Waals surface area contributed by atoms with Crippen molar-refractivity contribution < 1.29 is 14.1 Å². The van der Waals surface area contributed by atoms with E-state index < -0.39 is 5.54 Å². The summed E-state index contributed by atoms with van der Waals surface area (Å²) in [6.07, 6.45) is 3.72. The van der Waals surface area contributed by atoms with Gasteiger partial charge in [0.2, 0.25) is 0 Å². The van der Waals surface area contributed by atoms with Crippen LogP contribution in [0, 0.1) is 0 Å². The summed E-state index contributed by atoms with van der Waals surface area (Å²) < 4.78 is 11.8. The lowest BCUT2D eigenvalue weighted by molar-refractivity contribution is 0.0343. The summed E-state index contributed by atoms with van der Waals surface area (Å²) >= 11 is 3.52. The monoisotopic (exact) mass is 390 g/mol. The second kappa shape index (κ2) is 6.33. The van der Waals surface area contributed by atoms with Gasteiger partial charge in [-0.05, 0) is 43.4 Å². The summed E-state index contributed by atoms with van der Waals surface area (Å²) in [5.74, 6) is 1.08. The Morgan fingerprint density at radius 3 is 2.75 bits per heavy atom. The lowest BCUT2D eigenvalue weighted by Crippen LogP contribution is -2.49. The standard InChI is InChI=1S/C18H19BrN2O3/c19-14-3-1-2-13(10-14)18(6-8-23-9-7-18)20-17(22)15-11-16(24-21-15)12-4-5-12/h1-3,10-12H,4-9H2,(H,20,22). The zero-order valence-electron chi connectivity index (χ0n) is 13.3. The minimum absolute atomic E-state index is 0.187. The maximum atomic E-state index is 12.7. The fourth-order valence-corrected chi connectivity index (χ4v) is 3.63. The third kappa shape index (κ3) is 3.13. The highest BCUT2D eigenvalue weighted by molar-refractivity contribution is 9.10. The largest absolute Gasteiger partial charge is 0.381 e. The molecule has 0 radical (unpaired) electrons. The van der Waals surface area contributed by atoms with Crippen molar-refractivity contribution in [3.8, 4) is 0 Å². The van der Waals surface area contributed by atoms with E-state index in [2.05, 4.69) is 38.5 Å². The van der Waals surface area contributed by atoms with Crippen molar-refractivity contribution in [1.29, 1.82) is 0 Å². The van der Waals surface area contributed by atoms with E-state index in [4.69, 9.17) is 9.26 Å². The van der Waals surface area contributed by atoms with E-state index in [1.165, 1.54) is 0 Å². The first-order valence-corrected chi connectivity index (χ1v) is 9.08. The van der Waals surface area contributed by atoms with E-state index in [1.807, 2.05) is 12.1 Å². The minimum atomic E-state index is -0.433. The van der Waals surface area contributed by atoms with Gasteiger partial charge in [-0.2, -0.15) is 0 Å². The number of carbonyl (C=O) groups excluding carboxylic acids is 1. The molecule has 1 aromatic heterocycles. The number of benzene rings is 1. The van der Waals surface area contributed by atoms with Gasteiger partial charge < -0.3 is 14.6 Å². The molecule has 1 aliphatic heterocycles. The van der Waals surface area contributed by atoms with Crippen LogP contribution in [0.4, 0.5) is 0 Å². The molecule has 2 heterocycles. The molecule has 24 heavy (non-hydrogen) atoms. The molecule has 2 aliphatic rings.